The number of aryl methyl sites for hydroxylation is 1. The Hall–Kier alpha value is -1.54. The highest BCUT2D eigenvalue weighted by Gasteiger charge is 2.04. The Bertz CT molecular complexity index is 518. The van der Waals surface area contributed by atoms with Gasteiger partial charge in [0, 0.05) is 14.1 Å². The van der Waals surface area contributed by atoms with Gasteiger partial charge in [0.2, 0.25) is 0 Å². The van der Waals surface area contributed by atoms with Crippen LogP contribution < -0.4 is 4.90 Å². The van der Waals surface area contributed by atoms with Gasteiger partial charge in [-0.15, -0.1) is 0 Å². The van der Waals surface area contributed by atoms with Crippen molar-refractivity contribution >= 4 is 17.4 Å². The van der Waals surface area contributed by atoms with Gasteiger partial charge in [0.25, 0.3) is 0 Å². The quantitative estimate of drug-likeness (QED) is 0.750. The lowest BCUT2D eigenvalue weighted by Crippen LogP contribution is -2.10. The van der Waals surface area contributed by atoms with Crippen LogP contribution in [0.1, 0.15) is 5.56 Å². The molecule has 0 aliphatic carbocycles. The Balaban J connectivity index is 2.48. The molecule has 0 amide bonds. The fourth-order valence-electron chi connectivity index (χ4n) is 1.62. The van der Waals surface area contributed by atoms with Crippen LogP contribution in [0.5, 0.6) is 0 Å². The molecule has 0 fully saturated rings. The van der Waals surface area contributed by atoms with Crippen LogP contribution in [-0.2, 0) is 0 Å². The standard InChI is InChI=1S/C14H15ClN2/c1-10-4-6-11(7-5-10)12-8-13(15)16-14(9-12)17(2)3/h4-9H,1-3H3. The molecule has 3 heteroatoms. The van der Waals surface area contributed by atoms with Crippen molar-refractivity contribution in [1.82, 2.24) is 4.98 Å². The summed E-state index contributed by atoms with van der Waals surface area (Å²) < 4.78 is 0. The lowest BCUT2D eigenvalue weighted by Gasteiger charge is -2.13. The second-order valence-corrected chi connectivity index (χ2v) is 4.68. The van der Waals surface area contributed by atoms with Gasteiger partial charge < -0.3 is 4.90 Å². The van der Waals surface area contributed by atoms with Gasteiger partial charge in [0.15, 0.2) is 0 Å². The molecule has 1 heterocycles. The monoisotopic (exact) mass is 246 g/mol. The normalized spacial score (nSPS) is 10.4. The first-order valence-electron chi connectivity index (χ1n) is 5.48. The Kier molecular flexibility index (Phi) is 3.34. The molecule has 17 heavy (non-hydrogen) atoms. The van der Waals surface area contributed by atoms with Crippen LogP contribution >= 0.6 is 11.6 Å². The van der Waals surface area contributed by atoms with Crippen LogP contribution in [-0.4, -0.2) is 19.1 Å². The van der Waals surface area contributed by atoms with Crippen LogP contribution in [0.3, 0.4) is 0 Å². The smallest absolute Gasteiger partial charge is 0.132 e. The number of hydrogen-bond acceptors (Lipinski definition) is 2. The van der Waals surface area contributed by atoms with Crippen molar-refractivity contribution in [3.05, 3.63) is 47.1 Å². The third-order valence-corrected chi connectivity index (χ3v) is 2.82. The van der Waals surface area contributed by atoms with Crippen LogP contribution in [0.4, 0.5) is 5.82 Å². The summed E-state index contributed by atoms with van der Waals surface area (Å²) in [6, 6.07) is 12.3. The van der Waals surface area contributed by atoms with Gasteiger partial charge in [-0.3, -0.25) is 0 Å². The van der Waals surface area contributed by atoms with Crippen LogP contribution in [0, 0.1) is 6.92 Å². The summed E-state index contributed by atoms with van der Waals surface area (Å²) in [7, 11) is 3.91. The molecule has 0 spiro atoms. The lowest BCUT2D eigenvalue weighted by molar-refractivity contribution is 1.07. The van der Waals surface area contributed by atoms with E-state index in [1.54, 1.807) is 0 Å². The van der Waals surface area contributed by atoms with Gasteiger partial charge in [-0.05, 0) is 30.2 Å². The minimum Gasteiger partial charge on any atom is -0.363 e. The number of halogens is 1. The van der Waals surface area contributed by atoms with E-state index in [1.165, 1.54) is 5.56 Å². The first kappa shape index (κ1) is 11.9. The van der Waals surface area contributed by atoms with Crippen molar-refractivity contribution in [1.29, 1.82) is 0 Å². The van der Waals surface area contributed by atoms with Gasteiger partial charge in [0.05, 0.1) is 0 Å². The van der Waals surface area contributed by atoms with E-state index in [2.05, 4.69) is 36.2 Å². The van der Waals surface area contributed by atoms with Crippen molar-refractivity contribution in [2.24, 2.45) is 0 Å². The van der Waals surface area contributed by atoms with Gasteiger partial charge in [0.1, 0.15) is 11.0 Å². The van der Waals surface area contributed by atoms with Gasteiger partial charge in [-0.1, -0.05) is 41.4 Å². The first-order chi connectivity index (χ1) is 8.06. The summed E-state index contributed by atoms with van der Waals surface area (Å²) in [5.41, 5.74) is 3.50. The summed E-state index contributed by atoms with van der Waals surface area (Å²) in [5, 5.41) is 0.520. The minimum atomic E-state index is 0.520. The van der Waals surface area contributed by atoms with E-state index in [1.807, 2.05) is 31.1 Å². The largest absolute Gasteiger partial charge is 0.363 e. The number of rotatable bonds is 2. The number of pyridine rings is 1. The second-order valence-electron chi connectivity index (χ2n) is 4.30. The number of hydrogen-bond donors (Lipinski definition) is 0. The Morgan fingerprint density at radius 1 is 1.00 bits per heavy atom. The summed E-state index contributed by atoms with van der Waals surface area (Å²) >= 11 is 6.04. The van der Waals surface area contributed by atoms with E-state index >= 15 is 0 Å². The van der Waals surface area contributed by atoms with E-state index in [9.17, 15) is 0 Å². The topological polar surface area (TPSA) is 16.1 Å². The van der Waals surface area contributed by atoms with E-state index in [-0.39, 0.29) is 0 Å². The second kappa shape index (κ2) is 4.76. The molecule has 0 aliphatic heterocycles. The predicted octanol–water partition coefficient (Wildman–Crippen LogP) is 3.78. The molecule has 1 aromatic carbocycles. The van der Waals surface area contributed by atoms with Crippen molar-refractivity contribution < 1.29 is 0 Å². The molecule has 0 bridgehead atoms. The molecule has 1 aromatic heterocycles. The summed E-state index contributed by atoms with van der Waals surface area (Å²) in [6.45, 7) is 2.08. The molecular weight excluding hydrogens is 232 g/mol. The Labute approximate surface area is 107 Å². The third kappa shape index (κ3) is 2.77. The highest BCUT2D eigenvalue weighted by atomic mass is 35.5. The minimum absolute atomic E-state index is 0.520. The molecule has 0 unspecified atom stereocenters. The zero-order chi connectivity index (χ0) is 12.4. The fourth-order valence-corrected chi connectivity index (χ4v) is 1.83. The number of benzene rings is 1. The Morgan fingerprint density at radius 3 is 2.24 bits per heavy atom. The van der Waals surface area contributed by atoms with Crippen molar-refractivity contribution in [2.45, 2.75) is 6.92 Å². The highest BCUT2D eigenvalue weighted by Crippen LogP contribution is 2.25. The third-order valence-electron chi connectivity index (χ3n) is 2.62. The lowest BCUT2D eigenvalue weighted by atomic mass is 10.1. The molecule has 2 aromatic rings. The number of aromatic nitrogens is 1. The molecule has 0 atom stereocenters. The zero-order valence-corrected chi connectivity index (χ0v) is 11.0. The molecule has 88 valence electrons. The molecule has 0 saturated heterocycles. The van der Waals surface area contributed by atoms with E-state index in [0.717, 1.165) is 16.9 Å². The van der Waals surface area contributed by atoms with Crippen LogP contribution in [0.2, 0.25) is 5.15 Å². The summed E-state index contributed by atoms with van der Waals surface area (Å²) in [6.07, 6.45) is 0. The first-order valence-corrected chi connectivity index (χ1v) is 5.86. The molecular formula is C14H15ClN2. The zero-order valence-electron chi connectivity index (χ0n) is 10.2. The van der Waals surface area contributed by atoms with Crippen molar-refractivity contribution in [2.75, 3.05) is 19.0 Å². The van der Waals surface area contributed by atoms with Crippen LogP contribution in [0.25, 0.3) is 11.1 Å². The molecule has 0 aliphatic rings. The summed E-state index contributed by atoms with van der Waals surface area (Å²) in [4.78, 5) is 6.22. The Morgan fingerprint density at radius 2 is 1.65 bits per heavy atom. The molecule has 2 nitrogen and oxygen atoms in total. The van der Waals surface area contributed by atoms with Crippen molar-refractivity contribution in [3.63, 3.8) is 0 Å². The molecule has 0 saturated carbocycles. The average molecular weight is 247 g/mol. The van der Waals surface area contributed by atoms with Crippen LogP contribution in [0.15, 0.2) is 36.4 Å². The molecule has 0 radical (unpaired) electrons. The molecule has 0 N–H and O–H groups in total. The highest BCUT2D eigenvalue weighted by molar-refractivity contribution is 6.29. The average Bonchev–Trinajstić information content (AvgIpc) is 2.29. The van der Waals surface area contributed by atoms with E-state index in [0.29, 0.717) is 5.15 Å². The maximum atomic E-state index is 6.04. The fraction of sp³-hybridized carbons (Fsp3) is 0.214. The SMILES string of the molecule is Cc1ccc(-c2cc(Cl)nc(N(C)C)c2)cc1. The molecule has 2 rings (SSSR count). The van der Waals surface area contributed by atoms with Gasteiger partial charge in [-0.2, -0.15) is 0 Å². The van der Waals surface area contributed by atoms with E-state index in [4.69, 9.17) is 11.6 Å². The summed E-state index contributed by atoms with van der Waals surface area (Å²) in [5.74, 6) is 0.869. The van der Waals surface area contributed by atoms with Gasteiger partial charge in [-0.25, -0.2) is 4.98 Å². The maximum absolute atomic E-state index is 6.04. The van der Waals surface area contributed by atoms with E-state index < -0.39 is 0 Å². The number of anilines is 1. The van der Waals surface area contributed by atoms with Gasteiger partial charge >= 0.3 is 0 Å². The van der Waals surface area contributed by atoms with Crippen molar-refractivity contribution in [3.8, 4) is 11.1 Å². The maximum Gasteiger partial charge on any atom is 0.132 e. The number of nitrogens with zero attached hydrogens (tertiary/aromatic N) is 2. The predicted molar refractivity (Wildman–Crippen MR) is 73.7 cm³/mol.